The Morgan fingerprint density at radius 2 is 1.35 bits per heavy atom. The van der Waals surface area contributed by atoms with Crippen LogP contribution >= 0.6 is 0 Å². The van der Waals surface area contributed by atoms with Gasteiger partial charge in [0.25, 0.3) is 0 Å². The average molecular weight is 471 g/mol. The topological polar surface area (TPSA) is 110 Å². The summed E-state index contributed by atoms with van der Waals surface area (Å²) in [7, 11) is -5.00. The molecule has 0 aliphatic carbocycles. The van der Waals surface area contributed by atoms with E-state index in [2.05, 4.69) is 13.5 Å². The summed E-state index contributed by atoms with van der Waals surface area (Å²) in [4.78, 5) is 23.5. The first-order chi connectivity index (χ1) is 14.3. The molecule has 0 aromatic rings. The molecule has 0 saturated carbocycles. The molecule has 0 aliphatic rings. The number of esters is 2. The second-order valence-corrected chi connectivity index (χ2v) is 9.09. The fraction of sp³-hybridized carbons (Fsp3) is 0.818. The molecule has 0 aliphatic heterocycles. The Hall–Kier alpha value is -0.410. The molecule has 0 saturated heterocycles. The van der Waals surface area contributed by atoms with Crippen LogP contribution in [0.4, 0.5) is 0 Å². The molecule has 9 heteroatoms. The van der Waals surface area contributed by atoms with E-state index >= 15 is 0 Å². The molecule has 0 aromatic heterocycles. The van der Waals surface area contributed by atoms with Gasteiger partial charge in [-0.15, -0.1) is 6.58 Å². The minimum atomic E-state index is -5.00. The summed E-state index contributed by atoms with van der Waals surface area (Å²) >= 11 is 0. The first-order valence-electron chi connectivity index (χ1n) is 11.2. The van der Waals surface area contributed by atoms with Crippen LogP contribution in [-0.2, 0) is 29.2 Å². The van der Waals surface area contributed by atoms with Gasteiger partial charge in [0.2, 0.25) is 0 Å². The molecule has 0 rings (SSSR count). The summed E-state index contributed by atoms with van der Waals surface area (Å²) in [5, 5.41) is -2.06. The molecule has 0 N–H and O–H groups in total. The van der Waals surface area contributed by atoms with Gasteiger partial charge in [0.05, 0.1) is 19.6 Å². The maximum Gasteiger partial charge on any atom is 1.00 e. The second kappa shape index (κ2) is 21.4. The van der Waals surface area contributed by atoms with Crippen molar-refractivity contribution >= 4 is 22.1 Å². The van der Waals surface area contributed by atoms with Crippen molar-refractivity contribution in [3.8, 4) is 0 Å². The van der Waals surface area contributed by atoms with Crippen molar-refractivity contribution in [2.45, 2.75) is 102 Å². The van der Waals surface area contributed by atoms with Crippen LogP contribution in [0.3, 0.4) is 0 Å². The summed E-state index contributed by atoms with van der Waals surface area (Å²) < 4.78 is 43.5. The van der Waals surface area contributed by atoms with Crippen LogP contribution in [0, 0.1) is 0 Å². The largest absolute Gasteiger partial charge is 1.00 e. The van der Waals surface area contributed by atoms with Gasteiger partial charge in [-0.05, 0) is 12.8 Å². The third-order valence-electron chi connectivity index (χ3n) is 4.79. The van der Waals surface area contributed by atoms with Gasteiger partial charge in [-0.2, -0.15) is 0 Å². The predicted octanol–water partition coefficient (Wildman–Crippen LogP) is 1.66. The van der Waals surface area contributed by atoms with E-state index in [1.165, 1.54) is 57.4 Å². The van der Waals surface area contributed by atoms with Crippen LogP contribution < -0.4 is 29.6 Å². The molecule has 1 unspecified atom stereocenters. The third-order valence-corrected chi connectivity index (χ3v) is 5.85. The van der Waals surface area contributed by atoms with Gasteiger partial charge in [0.15, 0.2) is 5.25 Å². The minimum Gasteiger partial charge on any atom is -0.747 e. The maximum absolute atomic E-state index is 11.9. The van der Waals surface area contributed by atoms with E-state index in [4.69, 9.17) is 9.47 Å². The van der Waals surface area contributed by atoms with Gasteiger partial charge in [-0.1, -0.05) is 83.6 Å². The summed E-state index contributed by atoms with van der Waals surface area (Å²) in [6.07, 6.45) is 15.0. The van der Waals surface area contributed by atoms with Crippen molar-refractivity contribution in [1.82, 2.24) is 0 Å². The number of hydrogen-bond acceptors (Lipinski definition) is 7. The molecule has 1 atom stereocenters. The summed E-state index contributed by atoms with van der Waals surface area (Å²) in [5.41, 5.74) is 0. The van der Waals surface area contributed by atoms with Crippen LogP contribution in [0.25, 0.3) is 0 Å². The molecule has 0 spiro atoms. The fourth-order valence-electron chi connectivity index (χ4n) is 2.98. The molecule has 176 valence electrons. The van der Waals surface area contributed by atoms with Gasteiger partial charge in [-0.25, -0.2) is 8.42 Å². The summed E-state index contributed by atoms with van der Waals surface area (Å²) in [6, 6.07) is 0. The Labute approximate surface area is 210 Å². The quantitative estimate of drug-likeness (QED) is 0.0875. The molecule has 0 bridgehead atoms. The average Bonchev–Trinajstić information content (AvgIpc) is 2.69. The first kappa shape index (κ1) is 32.8. The van der Waals surface area contributed by atoms with E-state index in [9.17, 15) is 22.6 Å². The zero-order valence-corrected chi connectivity index (χ0v) is 22.3. The molecule has 31 heavy (non-hydrogen) atoms. The van der Waals surface area contributed by atoms with Crippen molar-refractivity contribution in [2.24, 2.45) is 0 Å². The van der Waals surface area contributed by atoms with Crippen molar-refractivity contribution < 1.29 is 61.6 Å². The van der Waals surface area contributed by atoms with Crippen molar-refractivity contribution in [2.75, 3.05) is 13.2 Å². The van der Waals surface area contributed by atoms with E-state index < -0.39 is 33.7 Å². The van der Waals surface area contributed by atoms with E-state index in [0.717, 1.165) is 19.3 Å². The molecular formula is C22H39NaO7S. The summed E-state index contributed by atoms with van der Waals surface area (Å²) in [5.74, 6) is -2.11. The Bertz CT molecular complexity index is 578. The SMILES string of the molecule is C=CCCOC(=O)CC(C(=O)OCCCCCCCCCCCCCC)S(=O)(=O)[O-].[Na+]. The van der Waals surface area contributed by atoms with E-state index in [0.29, 0.717) is 12.8 Å². The molecule has 0 heterocycles. The van der Waals surface area contributed by atoms with E-state index in [1.807, 2.05) is 0 Å². The van der Waals surface area contributed by atoms with Crippen LogP contribution in [-0.4, -0.2) is 43.4 Å². The third kappa shape index (κ3) is 20.0. The molecule has 0 amide bonds. The number of carbonyl (C=O) groups is 2. The predicted molar refractivity (Wildman–Crippen MR) is 116 cm³/mol. The Morgan fingerprint density at radius 3 is 1.81 bits per heavy atom. The molecule has 7 nitrogen and oxygen atoms in total. The monoisotopic (exact) mass is 470 g/mol. The van der Waals surface area contributed by atoms with Gasteiger partial charge in [0, 0.05) is 0 Å². The number of rotatable bonds is 20. The van der Waals surface area contributed by atoms with Gasteiger partial charge < -0.3 is 14.0 Å². The first-order valence-corrected chi connectivity index (χ1v) is 12.7. The normalized spacial score (nSPS) is 11.9. The van der Waals surface area contributed by atoms with Crippen molar-refractivity contribution in [3.05, 3.63) is 12.7 Å². The van der Waals surface area contributed by atoms with Gasteiger partial charge in [-0.3, -0.25) is 9.59 Å². The molecule has 0 radical (unpaired) electrons. The molecule has 0 fully saturated rings. The van der Waals surface area contributed by atoms with Gasteiger partial charge in [0.1, 0.15) is 10.1 Å². The van der Waals surface area contributed by atoms with E-state index in [1.54, 1.807) is 0 Å². The Morgan fingerprint density at radius 1 is 0.871 bits per heavy atom. The zero-order valence-electron chi connectivity index (χ0n) is 19.4. The van der Waals surface area contributed by atoms with Crippen molar-refractivity contribution in [1.29, 1.82) is 0 Å². The minimum absolute atomic E-state index is 0. The van der Waals surface area contributed by atoms with Crippen LogP contribution in [0.15, 0.2) is 12.7 Å². The number of hydrogen-bond donors (Lipinski definition) is 0. The second-order valence-electron chi connectivity index (χ2n) is 7.54. The smallest absolute Gasteiger partial charge is 0.747 e. The van der Waals surface area contributed by atoms with Gasteiger partial charge >= 0.3 is 41.5 Å². The zero-order chi connectivity index (χ0) is 22.7. The Kier molecular flexibility index (Phi) is 22.7. The van der Waals surface area contributed by atoms with Crippen LogP contribution in [0.1, 0.15) is 96.8 Å². The number of unbranched alkanes of at least 4 members (excludes halogenated alkanes) is 11. The number of ether oxygens (including phenoxy) is 2. The molecular weight excluding hydrogens is 431 g/mol. The van der Waals surface area contributed by atoms with E-state index in [-0.39, 0.29) is 42.8 Å². The molecule has 0 aromatic carbocycles. The van der Waals surface area contributed by atoms with Crippen LogP contribution in [0.5, 0.6) is 0 Å². The number of carbonyl (C=O) groups excluding carboxylic acids is 2. The standard InChI is InChI=1S/C22H40O7S.Na/c1-3-5-7-8-9-10-11-12-13-14-15-16-18-29-22(24)20(30(25,26)27)19-21(23)28-17-6-4-2;/h4,20H,2-3,5-19H2,1H3,(H,25,26,27);/q;+1/p-1. The Balaban J connectivity index is 0. The maximum atomic E-state index is 11.9. The fourth-order valence-corrected chi connectivity index (χ4v) is 3.62. The van der Waals surface area contributed by atoms with Crippen LogP contribution in [0.2, 0.25) is 0 Å². The summed E-state index contributed by atoms with van der Waals surface area (Å²) in [6.45, 7) is 5.73. The van der Waals surface area contributed by atoms with Crippen molar-refractivity contribution in [3.63, 3.8) is 0 Å².